The quantitative estimate of drug-likeness (QED) is 0.752. The number of hydrogen-bond donors (Lipinski definition) is 3. The molecule has 1 rings (SSSR count). The van der Waals surface area contributed by atoms with Gasteiger partial charge in [0.25, 0.3) is 0 Å². The maximum Gasteiger partial charge on any atom is 0.337 e. The van der Waals surface area contributed by atoms with E-state index in [0.717, 1.165) is 0 Å². The lowest BCUT2D eigenvalue weighted by molar-refractivity contribution is 0.0697. The molecule has 0 spiro atoms. The Labute approximate surface area is 110 Å². The lowest BCUT2D eigenvalue weighted by Crippen LogP contribution is -2.29. The van der Waals surface area contributed by atoms with Crippen molar-refractivity contribution in [3.63, 3.8) is 0 Å². The van der Waals surface area contributed by atoms with Crippen LogP contribution in [-0.2, 0) is 0 Å². The van der Waals surface area contributed by atoms with E-state index in [1.807, 2.05) is 0 Å². The second-order valence-corrected chi connectivity index (χ2v) is 3.54. The summed E-state index contributed by atoms with van der Waals surface area (Å²) in [6, 6.07) is 2.21. The molecule has 0 saturated heterocycles. The van der Waals surface area contributed by atoms with E-state index in [4.69, 9.17) is 14.6 Å². The highest BCUT2D eigenvalue weighted by Crippen LogP contribution is 2.33. The molecule has 0 aliphatic heterocycles. The monoisotopic (exact) mass is 268 g/mol. The Bertz CT molecular complexity index is 487. The van der Waals surface area contributed by atoms with E-state index in [2.05, 4.69) is 10.6 Å². The number of carbonyl (C=O) groups is 2. The third-order valence-electron chi connectivity index (χ3n) is 2.34. The lowest BCUT2D eigenvalue weighted by Gasteiger charge is -2.13. The fourth-order valence-electron chi connectivity index (χ4n) is 1.49. The average Bonchev–Trinajstić information content (AvgIpc) is 2.38. The van der Waals surface area contributed by atoms with Gasteiger partial charge in [-0.2, -0.15) is 0 Å². The first-order valence-electron chi connectivity index (χ1n) is 5.57. The predicted molar refractivity (Wildman–Crippen MR) is 69.2 cm³/mol. The number of benzene rings is 1. The van der Waals surface area contributed by atoms with Gasteiger partial charge in [-0.25, -0.2) is 9.59 Å². The predicted octanol–water partition coefficient (Wildman–Crippen LogP) is 1.54. The fourth-order valence-corrected chi connectivity index (χ4v) is 1.49. The molecule has 0 saturated carbocycles. The van der Waals surface area contributed by atoms with Crippen LogP contribution in [0.15, 0.2) is 12.1 Å². The normalized spacial score (nSPS) is 9.63. The molecule has 3 N–H and O–H groups in total. The first kappa shape index (κ1) is 14.6. The molecular formula is C12H16N2O5. The Kier molecular flexibility index (Phi) is 4.99. The standard InChI is InChI=1S/C12H16N2O5/c1-4-13-12(17)14-8-6-10(19-3)9(18-2)5-7(8)11(15)16/h5-6H,4H2,1-3H3,(H,15,16)(H2,13,14,17). The fraction of sp³-hybridized carbons (Fsp3) is 0.333. The minimum Gasteiger partial charge on any atom is -0.493 e. The summed E-state index contributed by atoms with van der Waals surface area (Å²) < 4.78 is 10.1. The lowest BCUT2D eigenvalue weighted by atomic mass is 10.1. The molecule has 0 heterocycles. The minimum absolute atomic E-state index is 0.0797. The van der Waals surface area contributed by atoms with Gasteiger partial charge in [-0.1, -0.05) is 0 Å². The molecule has 1 aromatic rings. The summed E-state index contributed by atoms with van der Waals surface area (Å²) in [5, 5.41) is 14.1. The van der Waals surface area contributed by atoms with Crippen molar-refractivity contribution in [2.24, 2.45) is 0 Å². The van der Waals surface area contributed by atoms with E-state index in [1.165, 1.54) is 26.4 Å². The smallest absolute Gasteiger partial charge is 0.337 e. The van der Waals surface area contributed by atoms with Crippen molar-refractivity contribution in [3.8, 4) is 11.5 Å². The first-order valence-corrected chi connectivity index (χ1v) is 5.57. The molecule has 0 radical (unpaired) electrons. The zero-order chi connectivity index (χ0) is 14.4. The molecule has 0 fully saturated rings. The van der Waals surface area contributed by atoms with Gasteiger partial charge in [0.05, 0.1) is 25.5 Å². The molecule has 0 aliphatic rings. The van der Waals surface area contributed by atoms with E-state index in [0.29, 0.717) is 12.3 Å². The van der Waals surface area contributed by atoms with Gasteiger partial charge >= 0.3 is 12.0 Å². The average molecular weight is 268 g/mol. The van der Waals surface area contributed by atoms with Crippen LogP contribution in [0.3, 0.4) is 0 Å². The third-order valence-corrected chi connectivity index (χ3v) is 2.34. The van der Waals surface area contributed by atoms with Crippen LogP contribution >= 0.6 is 0 Å². The highest BCUT2D eigenvalue weighted by molar-refractivity contribution is 6.01. The van der Waals surface area contributed by atoms with Gasteiger partial charge in [0.1, 0.15) is 0 Å². The Morgan fingerprint density at radius 1 is 1.21 bits per heavy atom. The first-order chi connectivity index (χ1) is 9.03. The maximum atomic E-state index is 11.5. The van der Waals surface area contributed by atoms with E-state index in [9.17, 15) is 9.59 Å². The van der Waals surface area contributed by atoms with Crippen LogP contribution in [0.2, 0.25) is 0 Å². The number of carbonyl (C=O) groups excluding carboxylic acids is 1. The minimum atomic E-state index is -1.17. The Balaban J connectivity index is 3.19. The van der Waals surface area contributed by atoms with Gasteiger partial charge in [0.15, 0.2) is 11.5 Å². The molecule has 7 heteroatoms. The summed E-state index contributed by atoms with van der Waals surface area (Å²) in [4.78, 5) is 22.6. The Morgan fingerprint density at radius 3 is 2.26 bits per heavy atom. The van der Waals surface area contributed by atoms with Crippen LogP contribution in [0.1, 0.15) is 17.3 Å². The number of carboxylic acid groups (broad SMARTS) is 1. The van der Waals surface area contributed by atoms with Gasteiger partial charge in [0, 0.05) is 18.7 Å². The number of hydrogen-bond acceptors (Lipinski definition) is 4. The van der Waals surface area contributed by atoms with Gasteiger partial charge in [-0.15, -0.1) is 0 Å². The van der Waals surface area contributed by atoms with Crippen molar-refractivity contribution in [3.05, 3.63) is 17.7 Å². The summed E-state index contributed by atoms with van der Waals surface area (Å²) in [5.41, 5.74) is 0.0556. The molecule has 0 bridgehead atoms. The number of methoxy groups -OCH3 is 2. The zero-order valence-corrected chi connectivity index (χ0v) is 10.9. The molecular weight excluding hydrogens is 252 g/mol. The largest absolute Gasteiger partial charge is 0.493 e. The number of rotatable bonds is 5. The van der Waals surface area contributed by atoms with Crippen LogP contribution in [0.25, 0.3) is 0 Å². The summed E-state index contributed by atoms with van der Waals surface area (Å²) in [5.74, 6) is -0.562. The Hall–Kier alpha value is -2.44. The molecule has 104 valence electrons. The van der Waals surface area contributed by atoms with Crippen molar-refractivity contribution < 1.29 is 24.2 Å². The van der Waals surface area contributed by atoms with Crippen LogP contribution in [0, 0.1) is 0 Å². The van der Waals surface area contributed by atoms with Crippen LogP contribution in [0.4, 0.5) is 10.5 Å². The highest BCUT2D eigenvalue weighted by Gasteiger charge is 2.17. The van der Waals surface area contributed by atoms with E-state index < -0.39 is 12.0 Å². The summed E-state index contributed by atoms with van der Waals surface area (Å²) >= 11 is 0. The molecule has 1 aromatic carbocycles. The maximum absolute atomic E-state index is 11.5. The number of aromatic carboxylic acids is 1. The second kappa shape index (κ2) is 6.48. The number of carboxylic acids is 1. The topological polar surface area (TPSA) is 96.9 Å². The summed E-state index contributed by atoms with van der Waals surface area (Å²) in [7, 11) is 2.83. The van der Waals surface area contributed by atoms with Crippen molar-refractivity contribution in [1.82, 2.24) is 5.32 Å². The highest BCUT2D eigenvalue weighted by atomic mass is 16.5. The number of urea groups is 1. The zero-order valence-electron chi connectivity index (χ0n) is 10.9. The van der Waals surface area contributed by atoms with Crippen LogP contribution in [0.5, 0.6) is 11.5 Å². The SMILES string of the molecule is CCNC(=O)Nc1cc(OC)c(OC)cc1C(=O)O. The molecule has 0 aliphatic carbocycles. The second-order valence-electron chi connectivity index (χ2n) is 3.54. The third kappa shape index (κ3) is 3.51. The molecule has 2 amide bonds. The molecule has 0 unspecified atom stereocenters. The Morgan fingerprint density at radius 2 is 1.79 bits per heavy atom. The number of anilines is 1. The van der Waals surface area contributed by atoms with Crippen molar-refractivity contribution in [2.45, 2.75) is 6.92 Å². The number of nitrogens with one attached hydrogen (secondary N) is 2. The number of ether oxygens (including phenoxy) is 2. The van der Waals surface area contributed by atoms with Gasteiger partial charge in [-0.3, -0.25) is 0 Å². The van der Waals surface area contributed by atoms with Crippen LogP contribution < -0.4 is 20.1 Å². The molecule has 19 heavy (non-hydrogen) atoms. The van der Waals surface area contributed by atoms with Crippen molar-refractivity contribution in [2.75, 3.05) is 26.1 Å². The van der Waals surface area contributed by atoms with Crippen molar-refractivity contribution in [1.29, 1.82) is 0 Å². The van der Waals surface area contributed by atoms with E-state index in [-0.39, 0.29) is 17.0 Å². The summed E-state index contributed by atoms with van der Waals surface area (Å²) in [6.45, 7) is 2.19. The number of amides is 2. The molecule has 0 atom stereocenters. The van der Waals surface area contributed by atoms with Gasteiger partial charge < -0.3 is 25.2 Å². The van der Waals surface area contributed by atoms with E-state index in [1.54, 1.807) is 6.92 Å². The van der Waals surface area contributed by atoms with Crippen molar-refractivity contribution >= 4 is 17.7 Å². The van der Waals surface area contributed by atoms with Gasteiger partial charge in [-0.05, 0) is 6.92 Å². The van der Waals surface area contributed by atoms with Crippen LogP contribution in [-0.4, -0.2) is 37.9 Å². The molecule has 0 aromatic heterocycles. The summed E-state index contributed by atoms with van der Waals surface area (Å²) in [6.07, 6.45) is 0. The van der Waals surface area contributed by atoms with E-state index >= 15 is 0 Å². The molecule has 7 nitrogen and oxygen atoms in total. The van der Waals surface area contributed by atoms with Gasteiger partial charge in [0.2, 0.25) is 0 Å².